The molecule has 1 aliphatic rings. The summed E-state index contributed by atoms with van der Waals surface area (Å²) < 4.78 is 1.50. The quantitative estimate of drug-likeness (QED) is 0.829. The molecule has 2 aromatic rings. The second-order valence-corrected chi connectivity index (χ2v) is 5.92. The van der Waals surface area contributed by atoms with Crippen molar-refractivity contribution in [2.24, 2.45) is 11.8 Å². The van der Waals surface area contributed by atoms with Crippen LogP contribution in [0.15, 0.2) is 43.0 Å². The van der Waals surface area contributed by atoms with Gasteiger partial charge in [0.25, 0.3) is 0 Å². The molecule has 7 nitrogen and oxygen atoms in total. The highest BCUT2D eigenvalue weighted by molar-refractivity contribution is 6.31. The van der Waals surface area contributed by atoms with E-state index in [1.807, 2.05) is 6.08 Å². The van der Waals surface area contributed by atoms with Crippen molar-refractivity contribution >= 4 is 29.2 Å². The number of carbonyl (C=O) groups is 2. The molecule has 0 spiro atoms. The van der Waals surface area contributed by atoms with Gasteiger partial charge in [-0.3, -0.25) is 9.59 Å². The van der Waals surface area contributed by atoms with E-state index in [2.05, 4.69) is 15.4 Å². The molecule has 0 saturated carbocycles. The average Bonchev–Trinajstić information content (AvgIpc) is 3.09. The molecule has 0 unspecified atom stereocenters. The number of rotatable bonds is 4. The Labute approximate surface area is 143 Å². The summed E-state index contributed by atoms with van der Waals surface area (Å²) in [6.45, 7) is 0. The van der Waals surface area contributed by atoms with Gasteiger partial charge in [-0.1, -0.05) is 23.8 Å². The number of carboxylic acids is 1. The van der Waals surface area contributed by atoms with E-state index in [1.54, 1.807) is 24.3 Å². The number of hydrogen-bond donors (Lipinski definition) is 2. The number of aromatic nitrogens is 3. The maximum absolute atomic E-state index is 12.6. The smallest absolute Gasteiger partial charge is 0.307 e. The zero-order valence-electron chi connectivity index (χ0n) is 12.6. The third-order valence-corrected chi connectivity index (χ3v) is 4.20. The van der Waals surface area contributed by atoms with Gasteiger partial charge in [0, 0.05) is 5.02 Å². The number of hydrogen-bond acceptors (Lipinski definition) is 4. The lowest BCUT2D eigenvalue weighted by Gasteiger charge is -2.24. The second-order valence-electron chi connectivity index (χ2n) is 5.48. The van der Waals surface area contributed by atoms with Gasteiger partial charge in [-0.2, -0.15) is 5.10 Å². The van der Waals surface area contributed by atoms with E-state index >= 15 is 0 Å². The summed E-state index contributed by atoms with van der Waals surface area (Å²) in [5.41, 5.74) is 1.06. The highest BCUT2D eigenvalue weighted by atomic mass is 35.5. The molecule has 0 aliphatic heterocycles. The Bertz CT molecular complexity index is 789. The second kappa shape index (κ2) is 6.84. The van der Waals surface area contributed by atoms with Gasteiger partial charge < -0.3 is 10.4 Å². The molecule has 3 rings (SSSR count). The van der Waals surface area contributed by atoms with E-state index in [0.29, 0.717) is 29.2 Å². The number of halogens is 1. The molecule has 0 radical (unpaired) electrons. The van der Waals surface area contributed by atoms with Crippen LogP contribution in [-0.4, -0.2) is 31.7 Å². The summed E-state index contributed by atoms with van der Waals surface area (Å²) in [6.07, 6.45) is 7.25. The summed E-state index contributed by atoms with van der Waals surface area (Å²) >= 11 is 6.02. The molecule has 1 aliphatic carbocycles. The van der Waals surface area contributed by atoms with Crippen molar-refractivity contribution in [3.63, 3.8) is 0 Å². The molecule has 1 aromatic heterocycles. The van der Waals surface area contributed by atoms with Crippen molar-refractivity contribution in [3.8, 4) is 5.69 Å². The predicted molar refractivity (Wildman–Crippen MR) is 88.0 cm³/mol. The van der Waals surface area contributed by atoms with E-state index in [-0.39, 0.29) is 5.91 Å². The monoisotopic (exact) mass is 346 g/mol. The van der Waals surface area contributed by atoms with Gasteiger partial charge in [-0.15, -0.1) is 0 Å². The lowest BCUT2D eigenvalue weighted by atomic mass is 9.82. The van der Waals surface area contributed by atoms with Crippen molar-refractivity contribution in [2.45, 2.75) is 12.8 Å². The predicted octanol–water partition coefficient (Wildman–Crippen LogP) is 2.53. The zero-order valence-corrected chi connectivity index (χ0v) is 13.3. The Balaban J connectivity index is 1.88. The van der Waals surface area contributed by atoms with Crippen molar-refractivity contribution in [1.82, 2.24) is 14.8 Å². The zero-order chi connectivity index (χ0) is 17.1. The Morgan fingerprint density at radius 3 is 2.67 bits per heavy atom. The van der Waals surface area contributed by atoms with Gasteiger partial charge in [0.2, 0.25) is 5.91 Å². The topological polar surface area (TPSA) is 97.1 Å². The summed E-state index contributed by atoms with van der Waals surface area (Å²) in [4.78, 5) is 27.9. The van der Waals surface area contributed by atoms with Crippen LogP contribution in [0.25, 0.3) is 5.69 Å². The molecule has 124 valence electrons. The van der Waals surface area contributed by atoms with E-state index in [0.717, 1.165) is 0 Å². The number of anilines is 1. The van der Waals surface area contributed by atoms with Crippen LogP contribution in [0.2, 0.25) is 5.02 Å². The molecule has 24 heavy (non-hydrogen) atoms. The number of carbonyl (C=O) groups excluding carboxylic acids is 1. The summed E-state index contributed by atoms with van der Waals surface area (Å²) in [5.74, 6) is -2.68. The minimum absolute atomic E-state index is 0.346. The van der Waals surface area contributed by atoms with Crippen LogP contribution in [0.5, 0.6) is 0 Å². The lowest BCUT2D eigenvalue weighted by Crippen LogP contribution is -2.35. The first-order valence-electron chi connectivity index (χ1n) is 7.39. The normalized spacial score (nSPS) is 19.9. The van der Waals surface area contributed by atoms with Crippen molar-refractivity contribution in [3.05, 3.63) is 48.0 Å². The van der Waals surface area contributed by atoms with E-state index < -0.39 is 17.8 Å². The fraction of sp³-hybridized carbons (Fsp3) is 0.250. The summed E-state index contributed by atoms with van der Waals surface area (Å²) in [5, 5.41) is 16.6. The highest BCUT2D eigenvalue weighted by Crippen LogP contribution is 2.29. The van der Waals surface area contributed by atoms with Crippen LogP contribution in [0.1, 0.15) is 12.8 Å². The van der Waals surface area contributed by atoms with E-state index in [9.17, 15) is 14.7 Å². The van der Waals surface area contributed by atoms with Gasteiger partial charge in [-0.25, -0.2) is 9.67 Å². The molecule has 2 N–H and O–H groups in total. The standard InChI is InChI=1S/C16H15ClN4O3/c17-10-5-6-14(21-9-18-8-19-21)13(7-10)20-15(22)11-3-1-2-4-12(11)16(23)24/h1-2,5-9,11-12H,3-4H2,(H,20,22)(H,23,24)/t11-,12+/m1/s1. The van der Waals surface area contributed by atoms with Gasteiger partial charge in [-0.05, 0) is 31.0 Å². The largest absolute Gasteiger partial charge is 0.481 e. The molecule has 1 amide bonds. The van der Waals surface area contributed by atoms with Crippen LogP contribution in [0.4, 0.5) is 5.69 Å². The van der Waals surface area contributed by atoms with Crippen LogP contribution in [0.3, 0.4) is 0 Å². The molecule has 0 bridgehead atoms. The number of nitrogens with zero attached hydrogens (tertiary/aromatic N) is 3. The number of amides is 1. The first-order chi connectivity index (χ1) is 11.6. The fourth-order valence-electron chi connectivity index (χ4n) is 2.74. The summed E-state index contributed by atoms with van der Waals surface area (Å²) in [7, 11) is 0. The SMILES string of the molecule is O=C(O)[C@H]1CC=CC[C@H]1C(=O)Nc1cc(Cl)ccc1-n1cncn1. The maximum atomic E-state index is 12.6. The minimum atomic E-state index is -0.970. The van der Waals surface area contributed by atoms with Crippen molar-refractivity contribution < 1.29 is 14.7 Å². The Morgan fingerprint density at radius 2 is 2.00 bits per heavy atom. The number of allylic oxidation sites excluding steroid dienone is 2. The van der Waals surface area contributed by atoms with Crippen molar-refractivity contribution in [1.29, 1.82) is 0 Å². The number of nitrogens with one attached hydrogen (secondary N) is 1. The van der Waals surface area contributed by atoms with Crippen LogP contribution < -0.4 is 5.32 Å². The number of carboxylic acid groups (broad SMARTS) is 1. The average molecular weight is 347 g/mol. The van der Waals surface area contributed by atoms with Crippen molar-refractivity contribution in [2.75, 3.05) is 5.32 Å². The number of benzene rings is 1. The lowest BCUT2D eigenvalue weighted by molar-refractivity contribution is -0.146. The van der Waals surface area contributed by atoms with Crippen LogP contribution in [-0.2, 0) is 9.59 Å². The maximum Gasteiger partial charge on any atom is 0.307 e. The van der Waals surface area contributed by atoms with E-state index in [1.165, 1.54) is 17.3 Å². The first kappa shape index (κ1) is 16.2. The molecule has 1 heterocycles. The Morgan fingerprint density at radius 1 is 1.25 bits per heavy atom. The third-order valence-electron chi connectivity index (χ3n) is 3.97. The fourth-order valence-corrected chi connectivity index (χ4v) is 2.92. The van der Waals surface area contributed by atoms with Gasteiger partial charge >= 0.3 is 5.97 Å². The third kappa shape index (κ3) is 3.30. The molecule has 0 fully saturated rings. The highest BCUT2D eigenvalue weighted by Gasteiger charge is 2.34. The van der Waals surface area contributed by atoms with Gasteiger partial charge in [0.15, 0.2) is 0 Å². The molecular formula is C16H15ClN4O3. The number of aliphatic carboxylic acids is 1. The van der Waals surface area contributed by atoms with Crippen LogP contribution in [0, 0.1) is 11.8 Å². The molecule has 0 saturated heterocycles. The molecule has 2 atom stereocenters. The Kier molecular flexibility index (Phi) is 4.61. The van der Waals surface area contributed by atoms with E-state index in [4.69, 9.17) is 11.6 Å². The first-order valence-corrected chi connectivity index (χ1v) is 7.77. The molecular weight excluding hydrogens is 332 g/mol. The van der Waals surface area contributed by atoms with Crippen LogP contribution >= 0.6 is 11.6 Å². The minimum Gasteiger partial charge on any atom is -0.481 e. The molecule has 8 heteroatoms. The summed E-state index contributed by atoms with van der Waals surface area (Å²) in [6, 6.07) is 4.99. The molecule has 1 aromatic carbocycles. The van der Waals surface area contributed by atoms with Gasteiger partial charge in [0.05, 0.1) is 23.2 Å². The Hall–Kier alpha value is -2.67. The van der Waals surface area contributed by atoms with Gasteiger partial charge in [0.1, 0.15) is 12.7 Å².